The molecule has 7 unspecified atom stereocenters. The molecule has 4 aliphatic carbocycles. The molecule has 0 radical (unpaired) electrons. The maximum atomic E-state index is 12.7. The predicted octanol–water partition coefficient (Wildman–Crippen LogP) is 4.21. The van der Waals surface area contributed by atoms with E-state index in [0.717, 1.165) is 35.7 Å². The van der Waals surface area contributed by atoms with Crippen molar-refractivity contribution in [2.24, 2.45) is 40.9 Å². The first-order chi connectivity index (χ1) is 11.2. The summed E-state index contributed by atoms with van der Waals surface area (Å²) in [5.74, 6) is 3.72. The molecule has 3 saturated carbocycles. The van der Waals surface area contributed by atoms with Gasteiger partial charge in [-0.1, -0.05) is 49.4 Å². The summed E-state index contributed by atoms with van der Waals surface area (Å²) in [5.41, 5.74) is 1.55. The van der Waals surface area contributed by atoms with Gasteiger partial charge in [-0.05, 0) is 59.8 Å². The number of carbonyl (C=O) groups is 1. The van der Waals surface area contributed by atoms with E-state index in [1.165, 1.54) is 12.8 Å². The van der Waals surface area contributed by atoms with E-state index < -0.39 is 0 Å². The van der Waals surface area contributed by atoms with Gasteiger partial charge in [0.1, 0.15) is 6.61 Å². The number of esters is 1. The van der Waals surface area contributed by atoms with Crippen molar-refractivity contribution in [2.45, 2.75) is 32.8 Å². The van der Waals surface area contributed by atoms with Crippen molar-refractivity contribution in [3.63, 3.8) is 0 Å². The summed E-state index contributed by atoms with van der Waals surface area (Å²) in [6.07, 6.45) is 8.54. The zero-order valence-electron chi connectivity index (χ0n) is 13.7. The van der Waals surface area contributed by atoms with Gasteiger partial charge in [-0.2, -0.15) is 0 Å². The van der Waals surface area contributed by atoms with Gasteiger partial charge in [0.15, 0.2) is 0 Å². The summed E-state index contributed by atoms with van der Waals surface area (Å²) in [6.45, 7) is 2.92. The van der Waals surface area contributed by atoms with Gasteiger partial charge >= 0.3 is 5.97 Å². The average Bonchev–Trinajstić information content (AvgIpc) is 3.31. The largest absolute Gasteiger partial charge is 0.461 e. The standard InChI is InChI=1S/C21H24O2/c1-21-15-8-7-14(9-15)19(21)17-10-16(21)11-18(17)20(22)23-12-13-5-3-2-4-6-13/h2-8,14-19H,9-12H2,1H3. The molecule has 0 spiro atoms. The van der Waals surface area contributed by atoms with E-state index >= 15 is 0 Å². The average molecular weight is 308 g/mol. The van der Waals surface area contributed by atoms with E-state index in [9.17, 15) is 4.79 Å². The van der Waals surface area contributed by atoms with Crippen LogP contribution in [0, 0.1) is 40.9 Å². The Labute approximate surface area is 137 Å². The Bertz CT molecular complexity index is 664. The van der Waals surface area contributed by atoms with Crippen LogP contribution in [0.1, 0.15) is 31.7 Å². The molecule has 3 fully saturated rings. The molecule has 4 bridgehead atoms. The summed E-state index contributed by atoms with van der Waals surface area (Å²) >= 11 is 0. The molecule has 2 nitrogen and oxygen atoms in total. The van der Waals surface area contributed by atoms with Crippen LogP contribution in [0.5, 0.6) is 0 Å². The minimum Gasteiger partial charge on any atom is -0.461 e. The number of hydrogen-bond acceptors (Lipinski definition) is 2. The van der Waals surface area contributed by atoms with Crippen molar-refractivity contribution in [2.75, 3.05) is 0 Å². The first-order valence-corrected chi connectivity index (χ1v) is 9.07. The van der Waals surface area contributed by atoms with Crippen LogP contribution in [0.25, 0.3) is 0 Å². The molecule has 1 aromatic carbocycles. The van der Waals surface area contributed by atoms with Crippen LogP contribution in [0.3, 0.4) is 0 Å². The lowest BCUT2D eigenvalue weighted by Crippen LogP contribution is -2.42. The molecule has 4 aliphatic rings. The lowest BCUT2D eigenvalue weighted by atomic mass is 9.60. The first kappa shape index (κ1) is 13.8. The molecule has 120 valence electrons. The fourth-order valence-corrected chi connectivity index (χ4v) is 6.60. The number of fused-ring (bicyclic) bond motifs is 9. The number of rotatable bonds is 3. The van der Waals surface area contributed by atoms with E-state index in [-0.39, 0.29) is 11.9 Å². The Morgan fingerprint density at radius 3 is 2.83 bits per heavy atom. The van der Waals surface area contributed by atoms with Gasteiger partial charge in [0.05, 0.1) is 5.92 Å². The molecule has 23 heavy (non-hydrogen) atoms. The highest BCUT2D eigenvalue weighted by Gasteiger charge is 2.68. The smallest absolute Gasteiger partial charge is 0.309 e. The van der Waals surface area contributed by atoms with Gasteiger partial charge < -0.3 is 4.74 Å². The number of ether oxygens (including phenoxy) is 1. The molecule has 1 aromatic rings. The van der Waals surface area contributed by atoms with Crippen LogP contribution in [0.4, 0.5) is 0 Å². The summed E-state index contributed by atoms with van der Waals surface area (Å²) in [6, 6.07) is 10.0. The fraction of sp³-hybridized carbons (Fsp3) is 0.571. The fourth-order valence-electron chi connectivity index (χ4n) is 6.60. The van der Waals surface area contributed by atoms with Crippen LogP contribution in [0.2, 0.25) is 0 Å². The zero-order valence-corrected chi connectivity index (χ0v) is 13.7. The number of benzene rings is 1. The highest BCUT2D eigenvalue weighted by atomic mass is 16.5. The predicted molar refractivity (Wildman–Crippen MR) is 88.3 cm³/mol. The van der Waals surface area contributed by atoms with Crippen molar-refractivity contribution in [1.82, 2.24) is 0 Å². The minimum atomic E-state index is 0.0511. The van der Waals surface area contributed by atoms with Gasteiger partial charge in [-0.15, -0.1) is 0 Å². The van der Waals surface area contributed by atoms with Crippen LogP contribution in [0.15, 0.2) is 42.5 Å². The Morgan fingerprint density at radius 1 is 1.17 bits per heavy atom. The molecule has 0 N–H and O–H groups in total. The monoisotopic (exact) mass is 308 g/mol. The topological polar surface area (TPSA) is 26.3 Å². The normalized spacial score (nSPS) is 45.4. The van der Waals surface area contributed by atoms with Crippen LogP contribution >= 0.6 is 0 Å². The highest BCUT2D eigenvalue weighted by Crippen LogP contribution is 2.73. The van der Waals surface area contributed by atoms with Crippen LogP contribution in [-0.2, 0) is 16.1 Å². The highest BCUT2D eigenvalue weighted by molar-refractivity contribution is 5.74. The molecular weight excluding hydrogens is 284 g/mol. The van der Waals surface area contributed by atoms with Crippen LogP contribution < -0.4 is 0 Å². The van der Waals surface area contributed by atoms with Gasteiger partial charge in [0.2, 0.25) is 0 Å². The summed E-state index contributed by atoms with van der Waals surface area (Å²) in [7, 11) is 0. The van der Waals surface area contributed by atoms with E-state index in [1.54, 1.807) is 0 Å². The van der Waals surface area contributed by atoms with E-state index in [0.29, 0.717) is 17.9 Å². The van der Waals surface area contributed by atoms with Crippen LogP contribution in [-0.4, -0.2) is 5.97 Å². The third-order valence-corrected chi connectivity index (χ3v) is 7.57. The van der Waals surface area contributed by atoms with Crippen molar-refractivity contribution in [3.05, 3.63) is 48.0 Å². The lowest BCUT2D eigenvalue weighted by Gasteiger charge is -2.44. The van der Waals surface area contributed by atoms with Crippen molar-refractivity contribution >= 4 is 5.97 Å². The van der Waals surface area contributed by atoms with Crippen molar-refractivity contribution in [1.29, 1.82) is 0 Å². The molecule has 0 aliphatic heterocycles. The molecule has 0 heterocycles. The second kappa shape index (κ2) is 4.72. The van der Waals surface area contributed by atoms with Crippen molar-refractivity contribution in [3.8, 4) is 0 Å². The van der Waals surface area contributed by atoms with E-state index in [2.05, 4.69) is 19.1 Å². The lowest BCUT2D eigenvalue weighted by molar-refractivity contribution is -0.154. The molecule has 0 amide bonds. The summed E-state index contributed by atoms with van der Waals surface area (Å²) < 4.78 is 5.67. The van der Waals surface area contributed by atoms with Gasteiger partial charge in [-0.3, -0.25) is 4.79 Å². The number of carbonyl (C=O) groups excluding carboxylic acids is 1. The Morgan fingerprint density at radius 2 is 2.00 bits per heavy atom. The van der Waals surface area contributed by atoms with E-state index in [4.69, 9.17) is 4.74 Å². The summed E-state index contributed by atoms with van der Waals surface area (Å²) in [4.78, 5) is 12.7. The molecule has 7 atom stereocenters. The molecule has 5 rings (SSSR count). The van der Waals surface area contributed by atoms with E-state index in [1.807, 2.05) is 30.3 Å². The second-order valence-corrected chi connectivity index (χ2v) is 8.31. The Kier molecular flexibility index (Phi) is 2.84. The third kappa shape index (κ3) is 1.78. The molecular formula is C21H24O2. The molecule has 0 saturated heterocycles. The van der Waals surface area contributed by atoms with Gasteiger partial charge in [-0.25, -0.2) is 0 Å². The van der Waals surface area contributed by atoms with Crippen molar-refractivity contribution < 1.29 is 9.53 Å². The SMILES string of the molecule is CC12C3C=CC(C3)C1C1CC2CC1C(=O)OCc1ccccc1. The molecule has 2 heteroatoms. The van der Waals surface area contributed by atoms with Gasteiger partial charge in [0.25, 0.3) is 0 Å². The molecule has 0 aromatic heterocycles. The summed E-state index contributed by atoms with van der Waals surface area (Å²) in [5, 5.41) is 0. The second-order valence-electron chi connectivity index (χ2n) is 8.31. The Balaban J connectivity index is 1.31. The maximum absolute atomic E-state index is 12.7. The first-order valence-electron chi connectivity index (χ1n) is 9.07. The number of hydrogen-bond donors (Lipinski definition) is 0. The quantitative estimate of drug-likeness (QED) is 0.475. The maximum Gasteiger partial charge on any atom is 0.309 e. The minimum absolute atomic E-state index is 0.0511. The Hall–Kier alpha value is -1.57. The number of allylic oxidation sites excluding steroid dienone is 2. The third-order valence-electron chi connectivity index (χ3n) is 7.57. The van der Waals surface area contributed by atoms with Gasteiger partial charge in [0, 0.05) is 0 Å². The zero-order chi connectivity index (χ0) is 15.6.